The second-order valence-corrected chi connectivity index (χ2v) is 9.39. The summed E-state index contributed by atoms with van der Waals surface area (Å²) >= 11 is 0. The fourth-order valence-electron chi connectivity index (χ4n) is 5.91. The normalized spacial score (nSPS) is 33.5. The van der Waals surface area contributed by atoms with E-state index in [0.29, 0.717) is 36.6 Å². The predicted molar refractivity (Wildman–Crippen MR) is 125 cm³/mol. The second kappa shape index (κ2) is 9.97. The Morgan fingerprint density at radius 2 is 1.97 bits per heavy atom. The molecule has 2 aliphatic carbocycles. The summed E-state index contributed by atoms with van der Waals surface area (Å²) in [5.41, 5.74) is -0.545. The number of aliphatic imine (C=N–C) groups is 1. The maximum absolute atomic E-state index is 10.9. The lowest BCUT2D eigenvalue weighted by Crippen LogP contribution is -2.69. The first-order valence-electron chi connectivity index (χ1n) is 11.2. The van der Waals surface area contributed by atoms with Crippen molar-refractivity contribution in [2.24, 2.45) is 16.3 Å². The number of nitrogens with one attached hydrogen (secondary N) is 2. The number of morpholine rings is 1. The standard InChI is InChI=1S/C21H38N4O3.HI/c1-3-22-19(23-14-20(2,26)15-25-9-12-27-13-10-25)24-17-16-6-11-28-18(16)21(17)7-4-5-8-21;/h16-18,26H,3-15H2,1-2H3,(H2,22,23,24);1H. The van der Waals surface area contributed by atoms with Gasteiger partial charge < -0.3 is 25.2 Å². The molecule has 168 valence electrons. The zero-order valence-corrected chi connectivity index (χ0v) is 20.3. The number of guanidine groups is 1. The molecule has 1 spiro atoms. The summed E-state index contributed by atoms with van der Waals surface area (Å²) in [4.78, 5) is 7.05. The molecule has 0 radical (unpaired) electrons. The van der Waals surface area contributed by atoms with Crippen LogP contribution >= 0.6 is 24.0 Å². The highest BCUT2D eigenvalue weighted by molar-refractivity contribution is 14.0. The molecule has 4 rings (SSSR count). The molecule has 2 heterocycles. The molecular formula is C21H39IN4O3. The largest absolute Gasteiger partial charge is 0.387 e. The van der Waals surface area contributed by atoms with Gasteiger partial charge in [0.05, 0.1) is 31.5 Å². The molecule has 8 heteroatoms. The van der Waals surface area contributed by atoms with Crippen molar-refractivity contribution in [1.29, 1.82) is 0 Å². The maximum atomic E-state index is 10.9. The van der Waals surface area contributed by atoms with Gasteiger partial charge in [0.15, 0.2) is 5.96 Å². The number of halogens is 1. The van der Waals surface area contributed by atoms with Crippen molar-refractivity contribution in [3.8, 4) is 0 Å². The fourth-order valence-corrected chi connectivity index (χ4v) is 5.91. The van der Waals surface area contributed by atoms with E-state index in [2.05, 4.69) is 22.5 Å². The van der Waals surface area contributed by atoms with Crippen molar-refractivity contribution in [1.82, 2.24) is 15.5 Å². The van der Waals surface area contributed by atoms with Crippen LogP contribution in [-0.4, -0.2) is 86.3 Å². The van der Waals surface area contributed by atoms with Gasteiger partial charge in [-0.2, -0.15) is 0 Å². The minimum absolute atomic E-state index is 0. The van der Waals surface area contributed by atoms with Gasteiger partial charge in [-0.25, -0.2) is 0 Å². The van der Waals surface area contributed by atoms with E-state index in [1.165, 1.54) is 25.7 Å². The first-order chi connectivity index (χ1) is 13.5. The van der Waals surface area contributed by atoms with Crippen LogP contribution in [0.15, 0.2) is 4.99 Å². The Bertz CT molecular complexity index is 562. The Kier molecular flexibility index (Phi) is 8.08. The molecule has 4 unspecified atom stereocenters. The SMILES string of the molecule is CCNC(=NCC(C)(O)CN1CCOCC1)NC1C2CCOC2C12CCCC2.I. The lowest BCUT2D eigenvalue weighted by molar-refractivity contribution is -0.125. The Morgan fingerprint density at radius 3 is 2.66 bits per heavy atom. The molecule has 0 aromatic heterocycles. The van der Waals surface area contributed by atoms with Crippen LogP contribution in [0.5, 0.6) is 0 Å². The molecule has 2 aliphatic heterocycles. The number of hydrogen-bond acceptors (Lipinski definition) is 5. The first-order valence-corrected chi connectivity index (χ1v) is 11.2. The van der Waals surface area contributed by atoms with E-state index >= 15 is 0 Å². The van der Waals surface area contributed by atoms with E-state index < -0.39 is 5.60 Å². The monoisotopic (exact) mass is 522 g/mol. The Hall–Kier alpha value is -0.160. The van der Waals surface area contributed by atoms with Crippen LogP contribution in [0.2, 0.25) is 0 Å². The van der Waals surface area contributed by atoms with Gasteiger partial charge in [0.1, 0.15) is 0 Å². The minimum atomic E-state index is -0.844. The average molecular weight is 522 g/mol. The van der Waals surface area contributed by atoms with E-state index in [-0.39, 0.29) is 24.0 Å². The second-order valence-electron chi connectivity index (χ2n) is 9.39. The molecule has 3 N–H and O–H groups in total. The summed E-state index contributed by atoms with van der Waals surface area (Å²) in [6.45, 7) is 9.98. The summed E-state index contributed by atoms with van der Waals surface area (Å²) in [5, 5.41) is 18.0. The molecule has 0 aromatic rings. The van der Waals surface area contributed by atoms with Crippen LogP contribution < -0.4 is 10.6 Å². The van der Waals surface area contributed by atoms with Crippen LogP contribution in [0.4, 0.5) is 0 Å². The number of rotatable bonds is 6. The van der Waals surface area contributed by atoms with Crippen LogP contribution in [0.25, 0.3) is 0 Å². The van der Waals surface area contributed by atoms with Crippen molar-refractivity contribution in [3.05, 3.63) is 0 Å². The molecule has 2 saturated carbocycles. The van der Waals surface area contributed by atoms with E-state index in [1.54, 1.807) is 0 Å². The molecule has 4 fully saturated rings. The van der Waals surface area contributed by atoms with E-state index in [9.17, 15) is 5.11 Å². The zero-order chi connectivity index (χ0) is 19.6. The van der Waals surface area contributed by atoms with Crippen LogP contribution in [0, 0.1) is 11.3 Å². The number of β-amino-alcohol motifs (C(OH)–C–C–N with tert-alkyl or cyclic N) is 1. The molecule has 0 amide bonds. The highest BCUT2D eigenvalue weighted by Crippen LogP contribution is 2.60. The van der Waals surface area contributed by atoms with E-state index in [0.717, 1.165) is 51.8 Å². The maximum Gasteiger partial charge on any atom is 0.191 e. The third-order valence-electron chi connectivity index (χ3n) is 7.17. The van der Waals surface area contributed by atoms with Crippen LogP contribution in [0.1, 0.15) is 46.0 Å². The number of aliphatic hydroxyl groups is 1. The smallest absolute Gasteiger partial charge is 0.191 e. The lowest BCUT2D eigenvalue weighted by Gasteiger charge is -2.57. The Morgan fingerprint density at radius 1 is 1.24 bits per heavy atom. The molecule has 0 aromatic carbocycles. The van der Waals surface area contributed by atoms with Crippen molar-refractivity contribution in [3.63, 3.8) is 0 Å². The van der Waals surface area contributed by atoms with Gasteiger partial charge in [0, 0.05) is 50.2 Å². The zero-order valence-electron chi connectivity index (χ0n) is 18.0. The van der Waals surface area contributed by atoms with Gasteiger partial charge in [-0.05, 0) is 33.1 Å². The predicted octanol–water partition coefficient (Wildman–Crippen LogP) is 1.59. The average Bonchev–Trinajstić information content (AvgIpc) is 3.33. The molecule has 4 atom stereocenters. The highest BCUT2D eigenvalue weighted by Gasteiger charge is 2.65. The van der Waals surface area contributed by atoms with Crippen molar-refractivity contribution >= 4 is 29.9 Å². The number of ether oxygens (including phenoxy) is 2. The number of fused-ring (bicyclic) bond motifs is 2. The minimum Gasteiger partial charge on any atom is -0.387 e. The lowest BCUT2D eigenvalue weighted by atomic mass is 9.54. The Labute approximate surface area is 192 Å². The van der Waals surface area contributed by atoms with Crippen molar-refractivity contribution < 1.29 is 14.6 Å². The number of hydrogen-bond donors (Lipinski definition) is 3. The molecule has 2 saturated heterocycles. The third kappa shape index (κ3) is 5.02. The molecule has 0 bridgehead atoms. The molecule has 29 heavy (non-hydrogen) atoms. The molecule has 4 aliphatic rings. The summed E-state index contributed by atoms with van der Waals surface area (Å²) in [6, 6.07) is 0.449. The first kappa shape index (κ1) is 23.5. The van der Waals surface area contributed by atoms with Crippen LogP contribution in [-0.2, 0) is 9.47 Å². The van der Waals surface area contributed by atoms with Crippen molar-refractivity contribution in [2.45, 2.75) is 63.7 Å². The fraction of sp³-hybridized carbons (Fsp3) is 0.952. The molecular weight excluding hydrogens is 483 g/mol. The number of nitrogens with zero attached hydrogens (tertiary/aromatic N) is 2. The quantitative estimate of drug-likeness (QED) is 0.280. The van der Waals surface area contributed by atoms with Gasteiger partial charge in [0.2, 0.25) is 0 Å². The Balaban J connectivity index is 0.00000240. The molecule has 7 nitrogen and oxygen atoms in total. The van der Waals surface area contributed by atoms with Gasteiger partial charge >= 0.3 is 0 Å². The third-order valence-corrected chi connectivity index (χ3v) is 7.17. The van der Waals surface area contributed by atoms with E-state index in [4.69, 9.17) is 14.5 Å². The van der Waals surface area contributed by atoms with Gasteiger partial charge in [0.25, 0.3) is 0 Å². The van der Waals surface area contributed by atoms with Gasteiger partial charge in [-0.3, -0.25) is 9.89 Å². The highest BCUT2D eigenvalue weighted by atomic mass is 127. The van der Waals surface area contributed by atoms with Gasteiger partial charge in [-0.1, -0.05) is 12.8 Å². The summed E-state index contributed by atoms with van der Waals surface area (Å²) in [5.74, 6) is 1.45. The summed E-state index contributed by atoms with van der Waals surface area (Å²) < 4.78 is 11.5. The van der Waals surface area contributed by atoms with Gasteiger partial charge in [-0.15, -0.1) is 24.0 Å². The summed E-state index contributed by atoms with van der Waals surface area (Å²) in [7, 11) is 0. The van der Waals surface area contributed by atoms with Crippen LogP contribution in [0.3, 0.4) is 0 Å². The van der Waals surface area contributed by atoms with Crippen molar-refractivity contribution in [2.75, 3.05) is 52.5 Å². The van der Waals surface area contributed by atoms with E-state index in [1.807, 2.05) is 6.92 Å². The topological polar surface area (TPSA) is 78.4 Å². The summed E-state index contributed by atoms with van der Waals surface area (Å²) in [6.07, 6.45) is 6.75.